The quantitative estimate of drug-likeness (QED) is 0.728. The van der Waals surface area contributed by atoms with Gasteiger partial charge in [0.1, 0.15) is 6.04 Å². The second-order valence-corrected chi connectivity index (χ2v) is 8.60. The monoisotopic (exact) mass is 428 g/mol. The fourth-order valence-corrected chi connectivity index (χ4v) is 4.19. The predicted octanol–water partition coefficient (Wildman–Crippen LogP) is 3.87. The maximum atomic E-state index is 12.8. The van der Waals surface area contributed by atoms with Gasteiger partial charge < -0.3 is 5.32 Å². The number of sulfonamides is 1. The first-order valence-corrected chi connectivity index (χ1v) is 10.8. The van der Waals surface area contributed by atoms with Crippen molar-refractivity contribution >= 4 is 21.6 Å². The number of carbonyl (C=O) groups is 1. The first-order chi connectivity index (χ1) is 13.4. The van der Waals surface area contributed by atoms with E-state index in [2.05, 4.69) is 5.32 Å². The van der Waals surface area contributed by atoms with Crippen molar-refractivity contribution in [2.24, 2.45) is 0 Å². The fourth-order valence-electron chi connectivity index (χ4n) is 2.99. The molecular weight excluding hydrogens is 405 g/mol. The Bertz CT molecular complexity index is 975. The first kappa shape index (κ1) is 22.7. The van der Waals surface area contributed by atoms with Gasteiger partial charge in [0, 0.05) is 6.54 Å². The third-order valence-electron chi connectivity index (χ3n) is 4.31. The highest BCUT2D eigenvalue weighted by molar-refractivity contribution is 7.92. The normalized spacial score (nSPS) is 13.0. The maximum Gasteiger partial charge on any atom is 0.416 e. The van der Waals surface area contributed by atoms with Gasteiger partial charge in [-0.05, 0) is 48.7 Å². The topological polar surface area (TPSA) is 66.5 Å². The van der Waals surface area contributed by atoms with E-state index >= 15 is 0 Å². The molecule has 0 fully saturated rings. The standard InChI is InChI=1S/C20H23F3N2O3S/c1-4-18(25(29(3,27)28)17-10-5-7-14(2)11-17)19(26)24-13-15-8-6-9-16(12-15)20(21,22)23/h5-12,18H,4,13H2,1-3H3,(H,24,26)/t18-/m0/s1. The molecule has 0 aromatic heterocycles. The van der Waals surface area contributed by atoms with Gasteiger partial charge in [-0.3, -0.25) is 9.10 Å². The van der Waals surface area contributed by atoms with Crippen molar-refractivity contribution in [2.75, 3.05) is 10.6 Å². The Labute approximate surface area is 168 Å². The molecule has 29 heavy (non-hydrogen) atoms. The van der Waals surface area contributed by atoms with Crippen LogP contribution in [0.4, 0.5) is 18.9 Å². The summed E-state index contributed by atoms with van der Waals surface area (Å²) in [7, 11) is -3.78. The van der Waals surface area contributed by atoms with Crippen LogP contribution in [0.5, 0.6) is 0 Å². The van der Waals surface area contributed by atoms with Crippen LogP contribution >= 0.6 is 0 Å². The Morgan fingerprint density at radius 1 is 1.14 bits per heavy atom. The minimum absolute atomic E-state index is 0.148. The van der Waals surface area contributed by atoms with E-state index in [1.54, 1.807) is 38.1 Å². The van der Waals surface area contributed by atoms with E-state index in [-0.39, 0.29) is 18.5 Å². The van der Waals surface area contributed by atoms with Gasteiger partial charge in [-0.1, -0.05) is 31.2 Å². The SMILES string of the molecule is CC[C@@H](C(=O)NCc1cccc(C(F)(F)F)c1)N(c1cccc(C)c1)S(C)(=O)=O. The molecule has 9 heteroatoms. The molecule has 0 radical (unpaired) electrons. The van der Waals surface area contributed by atoms with Crippen LogP contribution in [-0.2, 0) is 27.5 Å². The third kappa shape index (κ3) is 5.96. The highest BCUT2D eigenvalue weighted by Crippen LogP contribution is 2.29. The van der Waals surface area contributed by atoms with E-state index in [4.69, 9.17) is 0 Å². The summed E-state index contributed by atoms with van der Waals surface area (Å²) in [5, 5.41) is 2.55. The number of benzene rings is 2. The van der Waals surface area contributed by atoms with E-state index in [1.165, 1.54) is 12.1 Å². The summed E-state index contributed by atoms with van der Waals surface area (Å²) in [6.45, 7) is 3.33. The van der Waals surface area contributed by atoms with Gasteiger partial charge in [-0.15, -0.1) is 0 Å². The summed E-state index contributed by atoms with van der Waals surface area (Å²) in [6.07, 6.45) is -3.28. The maximum absolute atomic E-state index is 12.8. The van der Waals surface area contributed by atoms with Crippen molar-refractivity contribution in [1.29, 1.82) is 0 Å². The van der Waals surface area contributed by atoms with Crippen LogP contribution in [0.15, 0.2) is 48.5 Å². The van der Waals surface area contributed by atoms with Crippen LogP contribution in [0.1, 0.15) is 30.0 Å². The van der Waals surface area contributed by atoms with Gasteiger partial charge in [0.25, 0.3) is 0 Å². The number of alkyl halides is 3. The minimum Gasteiger partial charge on any atom is -0.350 e. The molecule has 0 unspecified atom stereocenters. The number of anilines is 1. The highest BCUT2D eigenvalue weighted by atomic mass is 32.2. The van der Waals surface area contributed by atoms with E-state index in [0.717, 1.165) is 28.3 Å². The smallest absolute Gasteiger partial charge is 0.350 e. The van der Waals surface area contributed by atoms with Gasteiger partial charge in [0.15, 0.2) is 0 Å². The average molecular weight is 428 g/mol. The molecule has 0 aliphatic rings. The Morgan fingerprint density at radius 3 is 2.34 bits per heavy atom. The van der Waals surface area contributed by atoms with Crippen LogP contribution in [0.2, 0.25) is 0 Å². The summed E-state index contributed by atoms with van der Waals surface area (Å²) >= 11 is 0. The van der Waals surface area contributed by atoms with Crippen LogP contribution in [0.25, 0.3) is 0 Å². The Morgan fingerprint density at radius 2 is 1.79 bits per heavy atom. The summed E-state index contributed by atoms with van der Waals surface area (Å²) in [6, 6.07) is 10.3. The minimum atomic E-state index is -4.48. The summed E-state index contributed by atoms with van der Waals surface area (Å²) in [4.78, 5) is 12.7. The zero-order valence-corrected chi connectivity index (χ0v) is 17.1. The zero-order valence-electron chi connectivity index (χ0n) is 16.3. The van der Waals surface area contributed by atoms with E-state index in [9.17, 15) is 26.4 Å². The number of amides is 1. The molecule has 0 heterocycles. The second kappa shape index (κ2) is 8.86. The van der Waals surface area contributed by atoms with Crippen molar-refractivity contribution in [3.8, 4) is 0 Å². The summed E-state index contributed by atoms with van der Waals surface area (Å²) in [5.74, 6) is -0.586. The van der Waals surface area contributed by atoms with Gasteiger partial charge >= 0.3 is 6.18 Å². The number of nitrogens with one attached hydrogen (secondary N) is 1. The van der Waals surface area contributed by atoms with Crippen LogP contribution < -0.4 is 9.62 Å². The lowest BCUT2D eigenvalue weighted by atomic mass is 10.1. The Kier molecular flexibility index (Phi) is 6.94. The molecule has 0 aliphatic heterocycles. The van der Waals surface area contributed by atoms with E-state index in [0.29, 0.717) is 5.69 Å². The van der Waals surface area contributed by atoms with Gasteiger partial charge in [-0.25, -0.2) is 8.42 Å². The van der Waals surface area contributed by atoms with Gasteiger partial charge in [0.05, 0.1) is 17.5 Å². The summed E-state index contributed by atoms with van der Waals surface area (Å²) < 4.78 is 64.4. The number of carbonyl (C=O) groups excluding carboxylic acids is 1. The molecule has 2 aromatic carbocycles. The molecule has 2 rings (SSSR count). The molecule has 0 aliphatic carbocycles. The summed E-state index contributed by atoms with van der Waals surface area (Å²) in [5.41, 5.74) is 0.641. The van der Waals surface area contributed by atoms with Crippen LogP contribution in [-0.4, -0.2) is 26.6 Å². The molecule has 158 valence electrons. The number of nitrogens with zero attached hydrogens (tertiary/aromatic N) is 1. The molecule has 1 N–H and O–H groups in total. The van der Waals surface area contributed by atoms with Crippen molar-refractivity contribution in [3.05, 3.63) is 65.2 Å². The molecule has 5 nitrogen and oxygen atoms in total. The largest absolute Gasteiger partial charge is 0.416 e. The highest BCUT2D eigenvalue weighted by Gasteiger charge is 2.32. The van der Waals surface area contributed by atoms with Crippen molar-refractivity contribution in [2.45, 2.75) is 39.0 Å². The number of halogens is 3. The van der Waals surface area contributed by atoms with Crippen molar-refractivity contribution < 1.29 is 26.4 Å². The third-order valence-corrected chi connectivity index (χ3v) is 5.49. The lowest BCUT2D eigenvalue weighted by Crippen LogP contribution is -2.49. The van der Waals surface area contributed by atoms with Crippen LogP contribution in [0, 0.1) is 6.92 Å². The average Bonchev–Trinajstić information content (AvgIpc) is 2.62. The van der Waals surface area contributed by atoms with Crippen molar-refractivity contribution in [1.82, 2.24) is 5.32 Å². The van der Waals surface area contributed by atoms with Gasteiger partial charge in [-0.2, -0.15) is 13.2 Å². The fraction of sp³-hybridized carbons (Fsp3) is 0.350. The molecule has 1 amide bonds. The molecule has 0 spiro atoms. The lowest BCUT2D eigenvalue weighted by molar-refractivity contribution is -0.137. The Hall–Kier alpha value is -2.55. The Balaban J connectivity index is 2.24. The van der Waals surface area contributed by atoms with E-state index < -0.39 is 33.7 Å². The molecule has 0 saturated heterocycles. The zero-order chi connectivity index (χ0) is 21.8. The number of hydrogen-bond acceptors (Lipinski definition) is 3. The van der Waals surface area contributed by atoms with Crippen molar-refractivity contribution in [3.63, 3.8) is 0 Å². The predicted molar refractivity (Wildman–Crippen MR) is 106 cm³/mol. The van der Waals surface area contributed by atoms with E-state index in [1.807, 2.05) is 0 Å². The molecule has 2 aromatic rings. The van der Waals surface area contributed by atoms with Crippen LogP contribution in [0.3, 0.4) is 0 Å². The molecule has 1 atom stereocenters. The number of rotatable bonds is 7. The van der Waals surface area contributed by atoms with Gasteiger partial charge in [0.2, 0.25) is 15.9 Å². The number of hydrogen-bond donors (Lipinski definition) is 1. The first-order valence-electron chi connectivity index (χ1n) is 8.93. The molecule has 0 saturated carbocycles. The number of aryl methyl sites for hydroxylation is 1. The molecule has 0 bridgehead atoms. The lowest BCUT2D eigenvalue weighted by Gasteiger charge is -2.30. The second-order valence-electron chi connectivity index (χ2n) is 6.74. The molecular formula is C20H23F3N2O3S.